The van der Waals surface area contributed by atoms with Gasteiger partial charge in [0.15, 0.2) is 0 Å². The number of nitrogens with one attached hydrogen (secondary N) is 1. The molecular formula is C13H24BrNO2. The summed E-state index contributed by atoms with van der Waals surface area (Å²) in [5.74, 6) is 0.593. The van der Waals surface area contributed by atoms with Crippen LogP contribution in [0.1, 0.15) is 52.9 Å². The molecule has 1 aliphatic carbocycles. The molecule has 1 aliphatic rings. The molecule has 1 N–H and O–H groups in total. The summed E-state index contributed by atoms with van der Waals surface area (Å²) in [5, 5.41) is 3.79. The first-order valence-corrected chi connectivity index (χ1v) is 7.60. The highest BCUT2D eigenvalue weighted by atomic mass is 79.9. The van der Waals surface area contributed by atoms with Gasteiger partial charge in [0.05, 0.1) is 0 Å². The predicted molar refractivity (Wildman–Crippen MR) is 73.5 cm³/mol. The van der Waals surface area contributed by atoms with E-state index in [4.69, 9.17) is 4.74 Å². The number of carbonyl (C=O) groups excluding carboxylic acids is 1. The van der Waals surface area contributed by atoms with E-state index in [0.29, 0.717) is 5.92 Å². The monoisotopic (exact) mass is 305 g/mol. The third-order valence-electron chi connectivity index (χ3n) is 3.09. The molecule has 1 amide bonds. The minimum Gasteiger partial charge on any atom is -0.444 e. The van der Waals surface area contributed by atoms with Gasteiger partial charge in [0, 0.05) is 11.4 Å². The van der Waals surface area contributed by atoms with Gasteiger partial charge in [0.2, 0.25) is 0 Å². The molecule has 1 unspecified atom stereocenters. The number of rotatable bonds is 3. The van der Waals surface area contributed by atoms with Gasteiger partial charge >= 0.3 is 6.09 Å². The average molecular weight is 306 g/mol. The topological polar surface area (TPSA) is 38.3 Å². The summed E-state index contributed by atoms with van der Waals surface area (Å²) < 4.78 is 5.29. The Labute approximate surface area is 113 Å². The lowest BCUT2D eigenvalue weighted by molar-refractivity contribution is 0.0486. The number of halogens is 1. The van der Waals surface area contributed by atoms with E-state index in [9.17, 15) is 4.79 Å². The molecule has 0 radical (unpaired) electrons. The maximum atomic E-state index is 11.7. The molecule has 0 aliphatic heterocycles. The van der Waals surface area contributed by atoms with Gasteiger partial charge < -0.3 is 10.1 Å². The second kappa shape index (κ2) is 6.62. The molecule has 3 nitrogen and oxygen atoms in total. The van der Waals surface area contributed by atoms with E-state index in [1.165, 1.54) is 32.1 Å². The predicted octanol–water partition coefficient (Wildman–Crippen LogP) is 3.85. The number of hydrogen-bond donors (Lipinski definition) is 1. The normalized spacial score (nSPS) is 19.8. The summed E-state index contributed by atoms with van der Waals surface area (Å²) in [7, 11) is 0. The summed E-state index contributed by atoms with van der Waals surface area (Å²) in [6.07, 6.45) is 6.03. The number of amides is 1. The van der Waals surface area contributed by atoms with Crippen LogP contribution in [-0.2, 0) is 4.74 Å². The van der Waals surface area contributed by atoms with Crippen LogP contribution in [-0.4, -0.2) is 23.1 Å². The van der Waals surface area contributed by atoms with E-state index >= 15 is 0 Å². The van der Waals surface area contributed by atoms with E-state index in [1.54, 1.807) is 0 Å². The fraction of sp³-hybridized carbons (Fsp3) is 0.923. The van der Waals surface area contributed by atoms with Gasteiger partial charge in [-0.15, -0.1) is 0 Å². The first kappa shape index (κ1) is 14.8. The van der Waals surface area contributed by atoms with Gasteiger partial charge in [-0.05, 0) is 39.5 Å². The second-order valence-corrected chi connectivity index (χ2v) is 6.45. The lowest BCUT2D eigenvalue weighted by atomic mass is 9.84. The molecule has 0 saturated heterocycles. The van der Waals surface area contributed by atoms with Crippen LogP contribution in [0.5, 0.6) is 0 Å². The Morgan fingerprint density at radius 3 is 2.41 bits per heavy atom. The molecule has 0 aromatic carbocycles. The van der Waals surface area contributed by atoms with Gasteiger partial charge in [-0.1, -0.05) is 35.2 Å². The molecule has 0 bridgehead atoms. The molecule has 100 valence electrons. The van der Waals surface area contributed by atoms with Gasteiger partial charge in [-0.25, -0.2) is 4.79 Å². The smallest absolute Gasteiger partial charge is 0.407 e. The van der Waals surface area contributed by atoms with Crippen LogP contribution < -0.4 is 5.32 Å². The molecule has 0 heterocycles. The zero-order valence-corrected chi connectivity index (χ0v) is 12.7. The Morgan fingerprint density at radius 1 is 1.35 bits per heavy atom. The van der Waals surface area contributed by atoms with Gasteiger partial charge in [0.25, 0.3) is 0 Å². The van der Waals surface area contributed by atoms with E-state index in [0.717, 1.165) is 5.33 Å². The highest BCUT2D eigenvalue weighted by Gasteiger charge is 2.26. The zero-order valence-electron chi connectivity index (χ0n) is 11.1. The highest BCUT2D eigenvalue weighted by Crippen LogP contribution is 2.27. The van der Waals surface area contributed by atoms with Crippen LogP contribution >= 0.6 is 15.9 Å². The molecular weight excluding hydrogens is 282 g/mol. The van der Waals surface area contributed by atoms with Crippen molar-refractivity contribution < 1.29 is 9.53 Å². The molecule has 1 saturated carbocycles. The largest absolute Gasteiger partial charge is 0.444 e. The van der Waals surface area contributed by atoms with Crippen molar-refractivity contribution in [2.24, 2.45) is 5.92 Å². The van der Waals surface area contributed by atoms with Crippen molar-refractivity contribution in [1.29, 1.82) is 0 Å². The van der Waals surface area contributed by atoms with Gasteiger partial charge in [0.1, 0.15) is 5.60 Å². The first-order chi connectivity index (χ1) is 7.92. The van der Waals surface area contributed by atoms with Crippen LogP contribution in [0.25, 0.3) is 0 Å². The number of hydrogen-bond acceptors (Lipinski definition) is 2. The van der Waals surface area contributed by atoms with Crippen LogP contribution in [0.15, 0.2) is 0 Å². The number of ether oxygens (including phenoxy) is 1. The second-order valence-electron chi connectivity index (χ2n) is 5.81. The van der Waals surface area contributed by atoms with Crippen molar-refractivity contribution in [2.45, 2.75) is 64.5 Å². The Morgan fingerprint density at radius 2 is 1.94 bits per heavy atom. The fourth-order valence-corrected chi connectivity index (χ4v) is 2.97. The van der Waals surface area contributed by atoms with Crippen molar-refractivity contribution in [3.63, 3.8) is 0 Å². The van der Waals surface area contributed by atoms with E-state index in [-0.39, 0.29) is 12.1 Å². The van der Waals surface area contributed by atoms with Crippen molar-refractivity contribution in [2.75, 3.05) is 5.33 Å². The molecule has 0 spiro atoms. The van der Waals surface area contributed by atoms with Gasteiger partial charge in [-0.3, -0.25) is 0 Å². The summed E-state index contributed by atoms with van der Waals surface area (Å²) in [6, 6.07) is 0.199. The zero-order chi connectivity index (χ0) is 12.9. The van der Waals surface area contributed by atoms with Crippen LogP contribution in [0.2, 0.25) is 0 Å². The summed E-state index contributed by atoms with van der Waals surface area (Å²) in [4.78, 5) is 11.7. The Balaban J connectivity index is 2.42. The molecule has 17 heavy (non-hydrogen) atoms. The fourth-order valence-electron chi connectivity index (χ4n) is 2.28. The SMILES string of the molecule is CC(C)(C)OC(=O)NC(CBr)C1CCCCC1. The number of alkyl halides is 1. The van der Waals surface area contributed by atoms with Crippen molar-refractivity contribution in [3.8, 4) is 0 Å². The van der Waals surface area contributed by atoms with Gasteiger partial charge in [-0.2, -0.15) is 0 Å². The Hall–Kier alpha value is -0.250. The summed E-state index contributed by atoms with van der Waals surface area (Å²) in [6.45, 7) is 5.66. The molecule has 1 fully saturated rings. The third kappa shape index (κ3) is 5.75. The van der Waals surface area contributed by atoms with Crippen LogP contribution in [0.4, 0.5) is 4.79 Å². The molecule has 4 heteroatoms. The van der Waals surface area contributed by atoms with Crippen molar-refractivity contribution >= 4 is 22.0 Å². The molecule has 1 rings (SSSR count). The average Bonchev–Trinajstić information content (AvgIpc) is 2.24. The van der Waals surface area contributed by atoms with Crippen molar-refractivity contribution in [1.82, 2.24) is 5.32 Å². The lowest BCUT2D eigenvalue weighted by Crippen LogP contribution is -2.44. The van der Waals surface area contributed by atoms with Crippen LogP contribution in [0.3, 0.4) is 0 Å². The standard InChI is InChI=1S/C13H24BrNO2/c1-13(2,3)17-12(16)15-11(9-14)10-7-5-4-6-8-10/h10-11H,4-9H2,1-3H3,(H,15,16). The summed E-state index contributed by atoms with van der Waals surface area (Å²) >= 11 is 3.49. The first-order valence-electron chi connectivity index (χ1n) is 6.48. The maximum Gasteiger partial charge on any atom is 0.407 e. The lowest BCUT2D eigenvalue weighted by Gasteiger charge is -2.30. The van der Waals surface area contributed by atoms with Crippen molar-refractivity contribution in [3.05, 3.63) is 0 Å². The molecule has 0 aromatic rings. The van der Waals surface area contributed by atoms with E-state index < -0.39 is 5.60 Å². The van der Waals surface area contributed by atoms with E-state index in [1.807, 2.05) is 20.8 Å². The highest BCUT2D eigenvalue weighted by molar-refractivity contribution is 9.09. The third-order valence-corrected chi connectivity index (χ3v) is 3.78. The van der Waals surface area contributed by atoms with E-state index in [2.05, 4.69) is 21.2 Å². The molecule has 0 aromatic heterocycles. The Bertz CT molecular complexity index is 244. The quantitative estimate of drug-likeness (QED) is 0.804. The minimum absolute atomic E-state index is 0.199. The maximum absolute atomic E-state index is 11.7. The summed E-state index contributed by atoms with van der Waals surface area (Å²) in [5.41, 5.74) is -0.423. The number of carbonyl (C=O) groups is 1. The molecule has 1 atom stereocenters. The minimum atomic E-state index is -0.423. The Kier molecular flexibility index (Phi) is 5.77. The van der Waals surface area contributed by atoms with Crippen LogP contribution in [0, 0.1) is 5.92 Å². The number of alkyl carbamates (subject to hydrolysis) is 1.